The van der Waals surface area contributed by atoms with E-state index in [1.807, 2.05) is 0 Å². The monoisotopic (exact) mass is 358 g/mol. The number of hydrogen-bond donors (Lipinski definition) is 1. The summed E-state index contributed by atoms with van der Waals surface area (Å²) >= 11 is 0. The number of sulfone groups is 1. The molecule has 0 radical (unpaired) electrons. The van der Waals surface area contributed by atoms with Crippen molar-refractivity contribution in [2.24, 2.45) is 0 Å². The number of fused-ring (bicyclic) bond motifs is 1. The van der Waals surface area contributed by atoms with Crippen molar-refractivity contribution in [3.05, 3.63) is 28.8 Å². The van der Waals surface area contributed by atoms with Gasteiger partial charge in [-0.1, -0.05) is 6.07 Å². The summed E-state index contributed by atoms with van der Waals surface area (Å²) in [7, 11) is -5.91. The molecule has 23 heavy (non-hydrogen) atoms. The Labute approximate surface area is 127 Å². The fourth-order valence-electron chi connectivity index (χ4n) is 2.53. The lowest BCUT2D eigenvalue weighted by Crippen LogP contribution is -2.26. The lowest BCUT2D eigenvalue weighted by atomic mass is 9.99. The first-order valence-electron chi connectivity index (χ1n) is 6.30. The number of alkyl halides is 5. The molecule has 1 aromatic rings. The van der Waals surface area contributed by atoms with Gasteiger partial charge in [0.2, 0.25) is 0 Å². The van der Waals surface area contributed by atoms with Gasteiger partial charge in [0.25, 0.3) is 15.8 Å². The zero-order valence-corrected chi connectivity index (χ0v) is 12.4. The van der Waals surface area contributed by atoms with Gasteiger partial charge in [0.05, 0.1) is 4.90 Å². The topological polar surface area (TPSA) is 71.4 Å². The van der Waals surface area contributed by atoms with E-state index in [0.717, 1.165) is 13.0 Å². The highest BCUT2D eigenvalue weighted by molar-refractivity contribution is 7.92. The van der Waals surface area contributed by atoms with Gasteiger partial charge in [-0.05, 0) is 24.1 Å². The number of rotatable bonds is 3. The molecule has 1 aliphatic rings. The first-order chi connectivity index (χ1) is 10.3. The van der Waals surface area contributed by atoms with Crippen LogP contribution in [0.5, 0.6) is 0 Å². The van der Waals surface area contributed by atoms with Crippen molar-refractivity contribution in [3.63, 3.8) is 0 Å². The van der Waals surface area contributed by atoms with Gasteiger partial charge in [-0.15, -0.1) is 0 Å². The van der Waals surface area contributed by atoms with Crippen LogP contribution in [-0.2, 0) is 27.5 Å². The molecule has 10 heteroatoms. The fraction of sp³-hybridized carbons (Fsp3) is 0.462. The predicted octanol–water partition coefficient (Wildman–Crippen LogP) is 2.34. The van der Waals surface area contributed by atoms with Crippen molar-refractivity contribution in [1.82, 2.24) is 0 Å². The first-order valence-corrected chi connectivity index (χ1v) is 7.78. The number of aliphatic hydroxyl groups is 1. The Hall–Kier alpha value is -1.55. The van der Waals surface area contributed by atoms with Gasteiger partial charge in [0.1, 0.15) is 11.9 Å². The highest BCUT2D eigenvalue weighted by Gasteiger charge is 2.54. The molecule has 0 saturated carbocycles. The first kappa shape index (κ1) is 17.8. The van der Waals surface area contributed by atoms with Crippen molar-refractivity contribution in [3.8, 4) is 0 Å². The van der Waals surface area contributed by atoms with Gasteiger partial charge >= 0.3 is 5.51 Å². The molecule has 4 nitrogen and oxygen atoms in total. The maximum Gasteiger partial charge on any atom is 0.501 e. The third-order valence-electron chi connectivity index (χ3n) is 3.53. The average molecular weight is 358 g/mol. The summed E-state index contributed by atoms with van der Waals surface area (Å²) in [5.74, 6) is -4.26. The molecule has 0 spiro atoms. The van der Waals surface area contributed by atoms with Gasteiger partial charge in [-0.25, -0.2) is 17.2 Å². The number of Topliss-reactive ketones (excluding diaryl/α,β-unsaturated/α-hetero) is 1. The molecule has 1 unspecified atom stereocenters. The Morgan fingerprint density at radius 3 is 2.39 bits per heavy atom. The van der Waals surface area contributed by atoms with Crippen LogP contribution in [0.2, 0.25) is 0 Å². The van der Waals surface area contributed by atoms with E-state index in [4.69, 9.17) is 0 Å². The van der Waals surface area contributed by atoms with Gasteiger partial charge in [-0.3, -0.25) is 4.79 Å². The van der Waals surface area contributed by atoms with E-state index < -0.39 is 55.6 Å². The highest BCUT2D eigenvalue weighted by Crippen LogP contribution is 2.48. The number of halogens is 5. The molecule has 0 heterocycles. The molecule has 1 aliphatic carbocycles. The van der Waals surface area contributed by atoms with E-state index in [2.05, 4.69) is 0 Å². The standard InChI is InChI=1S/C13H11F5O4S/c1-6(19)4-7-2-3-9(23(21,22)13(16,17)18)10-8(7)5-12(14,15)11(10)20/h2-3,11,20H,4-5H2,1H3. The summed E-state index contributed by atoms with van der Waals surface area (Å²) in [6.07, 6.45) is -4.17. The van der Waals surface area contributed by atoms with Crippen LogP contribution in [0.15, 0.2) is 17.0 Å². The zero-order chi connectivity index (χ0) is 17.8. The molecule has 2 rings (SSSR count). The van der Waals surface area contributed by atoms with Crippen LogP contribution in [0.3, 0.4) is 0 Å². The van der Waals surface area contributed by atoms with Gasteiger partial charge in [0.15, 0.2) is 0 Å². The minimum atomic E-state index is -5.91. The van der Waals surface area contributed by atoms with E-state index >= 15 is 0 Å². The van der Waals surface area contributed by atoms with E-state index in [-0.39, 0.29) is 12.0 Å². The third kappa shape index (κ3) is 2.85. The van der Waals surface area contributed by atoms with E-state index in [1.165, 1.54) is 0 Å². The van der Waals surface area contributed by atoms with Crippen LogP contribution in [0, 0.1) is 0 Å². The maximum atomic E-state index is 13.7. The second kappa shape index (κ2) is 5.23. The van der Waals surface area contributed by atoms with Crippen LogP contribution in [0.4, 0.5) is 22.0 Å². The number of aliphatic hydroxyl groups excluding tert-OH is 1. The summed E-state index contributed by atoms with van der Waals surface area (Å²) < 4.78 is 88.6. The quantitative estimate of drug-likeness (QED) is 0.842. The number of carbonyl (C=O) groups excluding carboxylic acids is 1. The van der Waals surface area contributed by atoms with Crippen LogP contribution < -0.4 is 0 Å². The highest BCUT2D eigenvalue weighted by atomic mass is 32.2. The SMILES string of the molecule is CC(=O)Cc1ccc(S(=O)(=O)C(F)(F)F)c2c1CC(F)(F)C2O. The van der Waals surface area contributed by atoms with E-state index in [1.54, 1.807) is 0 Å². The second-order valence-corrected chi connectivity index (χ2v) is 7.19. The smallest absolute Gasteiger partial charge is 0.382 e. The number of hydrogen-bond acceptors (Lipinski definition) is 4. The number of benzene rings is 1. The largest absolute Gasteiger partial charge is 0.501 e. The van der Waals surface area contributed by atoms with Crippen LogP contribution in [0.25, 0.3) is 0 Å². The van der Waals surface area contributed by atoms with E-state index in [9.17, 15) is 40.3 Å². The molecule has 0 fully saturated rings. The molecule has 1 aromatic carbocycles. The predicted molar refractivity (Wildman–Crippen MR) is 67.7 cm³/mol. The minimum absolute atomic E-state index is 0.0233. The van der Waals surface area contributed by atoms with Gasteiger partial charge < -0.3 is 5.11 Å². The maximum absolute atomic E-state index is 13.7. The minimum Gasteiger partial charge on any atom is -0.382 e. The molecule has 0 aromatic heterocycles. The Morgan fingerprint density at radius 1 is 1.35 bits per heavy atom. The molecule has 128 valence electrons. The van der Waals surface area contributed by atoms with Crippen molar-refractivity contribution in [1.29, 1.82) is 0 Å². The molecule has 1 N–H and O–H groups in total. The summed E-state index contributed by atoms with van der Waals surface area (Å²) in [6.45, 7) is 1.15. The summed E-state index contributed by atoms with van der Waals surface area (Å²) in [6, 6.07) is 1.40. The lowest BCUT2D eigenvalue weighted by molar-refractivity contribution is -0.116. The molecular formula is C13H11F5O4S. The molecule has 0 aliphatic heterocycles. The van der Waals surface area contributed by atoms with Gasteiger partial charge in [0, 0.05) is 18.4 Å². The lowest BCUT2D eigenvalue weighted by Gasteiger charge is -2.17. The van der Waals surface area contributed by atoms with Crippen LogP contribution in [-0.4, -0.2) is 30.7 Å². The fourth-order valence-corrected chi connectivity index (χ4v) is 3.55. The summed E-state index contributed by atoms with van der Waals surface area (Å²) in [5, 5.41) is 9.61. The van der Waals surface area contributed by atoms with Crippen molar-refractivity contribution in [2.75, 3.05) is 0 Å². The average Bonchev–Trinajstić information content (AvgIpc) is 2.60. The molecule has 0 bridgehead atoms. The molecule has 1 atom stereocenters. The Morgan fingerprint density at radius 2 is 1.91 bits per heavy atom. The number of carbonyl (C=O) groups is 1. The van der Waals surface area contributed by atoms with Crippen molar-refractivity contribution < 1.29 is 40.3 Å². The van der Waals surface area contributed by atoms with Crippen molar-refractivity contribution >= 4 is 15.6 Å². The number of ketones is 1. The van der Waals surface area contributed by atoms with E-state index in [0.29, 0.717) is 6.07 Å². The summed E-state index contributed by atoms with van der Waals surface area (Å²) in [5.41, 5.74) is -7.13. The van der Waals surface area contributed by atoms with Gasteiger partial charge in [-0.2, -0.15) is 13.2 Å². The third-order valence-corrected chi connectivity index (χ3v) is 5.08. The second-order valence-electron chi connectivity index (χ2n) is 5.28. The normalized spacial score (nSPS) is 20.4. The Balaban J connectivity index is 2.76. The Bertz CT molecular complexity index is 767. The molecular weight excluding hydrogens is 347 g/mol. The molecule has 0 saturated heterocycles. The van der Waals surface area contributed by atoms with Crippen LogP contribution in [0.1, 0.15) is 29.7 Å². The van der Waals surface area contributed by atoms with Crippen molar-refractivity contribution in [2.45, 2.75) is 42.2 Å². The zero-order valence-electron chi connectivity index (χ0n) is 11.6. The summed E-state index contributed by atoms with van der Waals surface area (Å²) in [4.78, 5) is 9.74. The molecule has 0 amide bonds. The Kier molecular flexibility index (Phi) is 4.05. The van der Waals surface area contributed by atoms with Crippen LogP contribution >= 0.6 is 0 Å².